The molecule has 1 aliphatic heterocycles. The minimum absolute atomic E-state index is 0.128. The fraction of sp³-hybridized carbons (Fsp3) is 0.222. The van der Waals surface area contributed by atoms with E-state index in [1.54, 1.807) is 29.6 Å². The van der Waals surface area contributed by atoms with Gasteiger partial charge >= 0.3 is 5.91 Å². The van der Waals surface area contributed by atoms with Crippen molar-refractivity contribution in [2.24, 2.45) is 0 Å². The highest BCUT2D eigenvalue weighted by molar-refractivity contribution is 5.90. The maximum atomic E-state index is 12.6. The summed E-state index contributed by atoms with van der Waals surface area (Å²) in [5, 5.41) is 0. The maximum Gasteiger partial charge on any atom is 0.309 e. The summed E-state index contributed by atoms with van der Waals surface area (Å²) in [6.07, 6.45) is 5.03. The predicted molar refractivity (Wildman–Crippen MR) is 92.1 cm³/mol. The summed E-state index contributed by atoms with van der Waals surface area (Å²) >= 11 is 0. The highest BCUT2D eigenvalue weighted by Crippen LogP contribution is 2.21. The van der Waals surface area contributed by atoms with Crippen LogP contribution in [0, 0.1) is 0 Å². The highest BCUT2D eigenvalue weighted by atomic mass is 16.4. The zero-order chi connectivity index (χ0) is 17.1. The number of hydrogen-bond acceptors (Lipinski definition) is 6. The first kappa shape index (κ1) is 15.3. The summed E-state index contributed by atoms with van der Waals surface area (Å²) in [7, 11) is 0. The van der Waals surface area contributed by atoms with E-state index in [1.165, 1.54) is 0 Å². The van der Waals surface area contributed by atoms with Gasteiger partial charge in [-0.25, -0.2) is 15.0 Å². The predicted octanol–water partition coefficient (Wildman–Crippen LogP) is 2.09. The van der Waals surface area contributed by atoms with Gasteiger partial charge in [-0.15, -0.1) is 0 Å². The van der Waals surface area contributed by atoms with Crippen LogP contribution in [0.4, 0.5) is 5.95 Å². The molecule has 7 nitrogen and oxygen atoms in total. The van der Waals surface area contributed by atoms with Crippen molar-refractivity contribution in [1.82, 2.24) is 19.9 Å². The number of rotatable bonds is 3. The fourth-order valence-corrected chi connectivity index (χ4v) is 2.81. The SMILES string of the molecule is O=C(c1ncc(-c2ccccc2)o1)N1CCN(c2ncccn2)CC1. The van der Waals surface area contributed by atoms with Gasteiger partial charge in [-0.2, -0.15) is 0 Å². The number of anilines is 1. The lowest BCUT2D eigenvalue weighted by molar-refractivity contribution is 0.0707. The van der Waals surface area contributed by atoms with Crippen LogP contribution in [0.2, 0.25) is 0 Å². The Morgan fingerprint density at radius 3 is 2.36 bits per heavy atom. The molecule has 0 aliphatic carbocycles. The van der Waals surface area contributed by atoms with Crippen LogP contribution in [0.5, 0.6) is 0 Å². The van der Waals surface area contributed by atoms with Crippen molar-refractivity contribution < 1.29 is 9.21 Å². The Kier molecular flexibility index (Phi) is 4.12. The second-order valence-corrected chi connectivity index (χ2v) is 5.72. The Bertz CT molecular complexity index is 842. The van der Waals surface area contributed by atoms with Gasteiger partial charge in [0.25, 0.3) is 5.89 Å². The fourth-order valence-electron chi connectivity index (χ4n) is 2.81. The number of hydrogen-bond donors (Lipinski definition) is 0. The molecule has 4 rings (SSSR count). The molecule has 1 fully saturated rings. The molecule has 1 aliphatic rings. The molecule has 0 radical (unpaired) electrons. The number of piperazine rings is 1. The molecule has 1 aromatic carbocycles. The Balaban J connectivity index is 1.42. The molecule has 1 amide bonds. The number of amides is 1. The molecule has 0 saturated carbocycles. The number of carbonyl (C=O) groups is 1. The normalized spacial score (nSPS) is 14.6. The first-order valence-corrected chi connectivity index (χ1v) is 8.14. The van der Waals surface area contributed by atoms with Crippen LogP contribution in [-0.4, -0.2) is 51.9 Å². The maximum absolute atomic E-state index is 12.6. The molecular weight excluding hydrogens is 318 g/mol. The monoisotopic (exact) mass is 335 g/mol. The third-order valence-corrected chi connectivity index (χ3v) is 4.15. The van der Waals surface area contributed by atoms with Crippen molar-refractivity contribution >= 4 is 11.9 Å². The molecule has 0 bridgehead atoms. The molecule has 0 spiro atoms. The molecule has 2 aromatic heterocycles. The molecule has 3 aromatic rings. The minimum Gasteiger partial charge on any atom is -0.432 e. The van der Waals surface area contributed by atoms with Crippen LogP contribution >= 0.6 is 0 Å². The van der Waals surface area contributed by atoms with Crippen molar-refractivity contribution in [1.29, 1.82) is 0 Å². The lowest BCUT2D eigenvalue weighted by Gasteiger charge is -2.33. The van der Waals surface area contributed by atoms with Crippen LogP contribution in [0.3, 0.4) is 0 Å². The average Bonchev–Trinajstić information content (AvgIpc) is 3.19. The number of aromatic nitrogens is 3. The van der Waals surface area contributed by atoms with Crippen LogP contribution < -0.4 is 4.90 Å². The number of benzene rings is 1. The molecule has 25 heavy (non-hydrogen) atoms. The Morgan fingerprint density at radius 2 is 1.64 bits per heavy atom. The van der Waals surface area contributed by atoms with Crippen LogP contribution in [0.15, 0.2) is 59.4 Å². The van der Waals surface area contributed by atoms with Gasteiger partial charge in [-0.05, 0) is 6.07 Å². The third kappa shape index (κ3) is 3.21. The van der Waals surface area contributed by atoms with E-state index in [0.29, 0.717) is 37.9 Å². The van der Waals surface area contributed by atoms with Gasteiger partial charge in [0.05, 0.1) is 6.20 Å². The smallest absolute Gasteiger partial charge is 0.309 e. The summed E-state index contributed by atoms with van der Waals surface area (Å²) in [4.78, 5) is 29.1. The summed E-state index contributed by atoms with van der Waals surface area (Å²) in [6, 6.07) is 11.4. The van der Waals surface area contributed by atoms with E-state index in [0.717, 1.165) is 5.56 Å². The number of nitrogens with zero attached hydrogens (tertiary/aromatic N) is 5. The van der Waals surface area contributed by atoms with E-state index < -0.39 is 0 Å². The highest BCUT2D eigenvalue weighted by Gasteiger charge is 2.26. The summed E-state index contributed by atoms with van der Waals surface area (Å²) in [5.41, 5.74) is 0.903. The molecule has 3 heterocycles. The van der Waals surface area contributed by atoms with E-state index in [4.69, 9.17) is 4.42 Å². The van der Waals surface area contributed by atoms with Crippen molar-refractivity contribution in [3.8, 4) is 11.3 Å². The van der Waals surface area contributed by atoms with Crippen LogP contribution in [0.25, 0.3) is 11.3 Å². The molecule has 0 unspecified atom stereocenters. The zero-order valence-corrected chi connectivity index (χ0v) is 13.6. The lowest BCUT2D eigenvalue weighted by atomic mass is 10.2. The Labute approximate surface area is 144 Å². The van der Waals surface area contributed by atoms with E-state index >= 15 is 0 Å². The van der Waals surface area contributed by atoms with Crippen LogP contribution in [-0.2, 0) is 0 Å². The second-order valence-electron chi connectivity index (χ2n) is 5.72. The first-order chi connectivity index (χ1) is 12.3. The van der Waals surface area contributed by atoms with E-state index in [1.807, 2.05) is 30.3 Å². The Morgan fingerprint density at radius 1 is 0.920 bits per heavy atom. The summed E-state index contributed by atoms with van der Waals surface area (Å²) < 4.78 is 5.66. The molecule has 0 atom stereocenters. The van der Waals surface area contributed by atoms with Crippen molar-refractivity contribution in [2.75, 3.05) is 31.1 Å². The van der Waals surface area contributed by atoms with Crippen molar-refractivity contribution in [3.05, 3.63) is 60.9 Å². The van der Waals surface area contributed by atoms with E-state index in [9.17, 15) is 4.79 Å². The van der Waals surface area contributed by atoms with Gasteiger partial charge in [0, 0.05) is 44.1 Å². The van der Waals surface area contributed by atoms with Gasteiger partial charge in [-0.3, -0.25) is 4.79 Å². The molecule has 1 saturated heterocycles. The van der Waals surface area contributed by atoms with E-state index in [-0.39, 0.29) is 11.8 Å². The first-order valence-electron chi connectivity index (χ1n) is 8.14. The van der Waals surface area contributed by atoms with Crippen molar-refractivity contribution in [3.63, 3.8) is 0 Å². The number of oxazole rings is 1. The van der Waals surface area contributed by atoms with Gasteiger partial charge in [0.1, 0.15) is 0 Å². The molecular formula is C18H17N5O2. The number of carbonyl (C=O) groups excluding carboxylic acids is 1. The second kappa shape index (κ2) is 6.72. The van der Waals surface area contributed by atoms with Crippen LogP contribution in [0.1, 0.15) is 10.7 Å². The molecule has 7 heteroatoms. The van der Waals surface area contributed by atoms with Gasteiger partial charge in [0.15, 0.2) is 5.76 Å². The summed E-state index contributed by atoms with van der Waals surface area (Å²) in [6.45, 7) is 2.53. The van der Waals surface area contributed by atoms with Crippen molar-refractivity contribution in [2.45, 2.75) is 0 Å². The average molecular weight is 335 g/mol. The van der Waals surface area contributed by atoms with Gasteiger partial charge < -0.3 is 14.2 Å². The Hall–Kier alpha value is -3.22. The minimum atomic E-state index is -0.184. The topological polar surface area (TPSA) is 75.4 Å². The zero-order valence-electron chi connectivity index (χ0n) is 13.6. The van der Waals surface area contributed by atoms with Gasteiger partial charge in [0.2, 0.25) is 5.95 Å². The molecule has 0 N–H and O–H groups in total. The largest absolute Gasteiger partial charge is 0.432 e. The third-order valence-electron chi connectivity index (χ3n) is 4.15. The van der Waals surface area contributed by atoms with E-state index in [2.05, 4.69) is 19.9 Å². The molecule has 126 valence electrons. The quantitative estimate of drug-likeness (QED) is 0.729. The lowest BCUT2D eigenvalue weighted by Crippen LogP contribution is -2.49. The summed E-state index contributed by atoms with van der Waals surface area (Å²) in [5.74, 6) is 1.23. The standard InChI is InChI=1S/C18H17N5O2/c24-17(16-21-13-15(25-16)14-5-2-1-3-6-14)22-9-11-23(12-10-22)18-19-7-4-8-20-18/h1-8,13H,9-12H2. The van der Waals surface area contributed by atoms with Gasteiger partial charge in [-0.1, -0.05) is 30.3 Å².